The van der Waals surface area contributed by atoms with Crippen molar-refractivity contribution < 1.29 is 23.9 Å². The Morgan fingerprint density at radius 1 is 1.15 bits per heavy atom. The molecule has 2 heterocycles. The highest BCUT2D eigenvalue weighted by atomic mass is 16.6. The topological polar surface area (TPSA) is 85.8 Å². The van der Waals surface area contributed by atoms with Crippen molar-refractivity contribution >= 4 is 28.9 Å². The van der Waals surface area contributed by atoms with Crippen LogP contribution in [0.15, 0.2) is 24.3 Å². The number of hydrogen-bond donors (Lipinski definition) is 0. The number of aryl methyl sites for hydroxylation is 1. The van der Waals surface area contributed by atoms with Crippen LogP contribution < -0.4 is 0 Å². The number of nitrogens with zero attached hydrogens (tertiary/aromatic N) is 2. The average molecular weight is 368 g/mol. The number of benzene rings is 1. The Labute approximate surface area is 156 Å². The van der Waals surface area contributed by atoms with E-state index in [1.54, 1.807) is 0 Å². The van der Waals surface area contributed by atoms with Gasteiger partial charge >= 0.3 is 12.1 Å². The Bertz CT molecular complexity index is 924. The lowest BCUT2D eigenvalue weighted by atomic mass is 9.97. The molecule has 0 bridgehead atoms. The second-order valence-electron chi connectivity index (χ2n) is 6.73. The molecule has 0 spiro atoms. The van der Waals surface area contributed by atoms with Crippen molar-refractivity contribution in [3.05, 3.63) is 41.1 Å². The van der Waals surface area contributed by atoms with Gasteiger partial charge in [0, 0.05) is 11.1 Å². The zero-order valence-corrected chi connectivity index (χ0v) is 14.9. The predicted octanol–water partition coefficient (Wildman–Crippen LogP) is 2.64. The van der Waals surface area contributed by atoms with Crippen molar-refractivity contribution in [1.82, 2.24) is 9.88 Å². The lowest BCUT2D eigenvalue weighted by Gasteiger charge is -2.15. The zero-order valence-electron chi connectivity index (χ0n) is 14.9. The summed E-state index contributed by atoms with van der Waals surface area (Å²) in [7, 11) is 0. The van der Waals surface area contributed by atoms with Crippen molar-refractivity contribution in [2.75, 3.05) is 19.8 Å². The second kappa shape index (κ2) is 7.34. The minimum atomic E-state index is -0.695. The van der Waals surface area contributed by atoms with Gasteiger partial charge in [-0.2, -0.15) is 0 Å². The Kier molecular flexibility index (Phi) is 4.75. The highest BCUT2D eigenvalue weighted by molar-refractivity contribution is 6.06. The van der Waals surface area contributed by atoms with Gasteiger partial charge in [-0.3, -0.25) is 9.78 Å². The summed E-state index contributed by atoms with van der Waals surface area (Å²) in [6.07, 6.45) is 4.04. The Morgan fingerprint density at radius 2 is 1.96 bits per heavy atom. The van der Waals surface area contributed by atoms with Crippen LogP contribution in [0, 0.1) is 0 Å². The van der Waals surface area contributed by atoms with E-state index in [1.165, 1.54) is 0 Å². The zero-order chi connectivity index (χ0) is 18.8. The predicted molar refractivity (Wildman–Crippen MR) is 96.3 cm³/mol. The number of carbonyl (C=O) groups is 3. The molecule has 0 radical (unpaired) electrons. The molecule has 1 aliphatic heterocycles. The van der Waals surface area contributed by atoms with Crippen LogP contribution in [0.4, 0.5) is 4.79 Å². The monoisotopic (exact) mass is 368 g/mol. The lowest BCUT2D eigenvalue weighted by molar-refractivity contribution is -0.131. The third-order valence-electron chi connectivity index (χ3n) is 5.01. The van der Waals surface area contributed by atoms with E-state index >= 15 is 0 Å². The van der Waals surface area contributed by atoms with Crippen LogP contribution in [0.3, 0.4) is 0 Å². The van der Waals surface area contributed by atoms with Gasteiger partial charge in [-0.05, 0) is 37.3 Å². The van der Waals surface area contributed by atoms with Gasteiger partial charge in [0.15, 0.2) is 6.61 Å². The molecule has 27 heavy (non-hydrogen) atoms. The van der Waals surface area contributed by atoms with E-state index in [0.29, 0.717) is 5.56 Å². The fourth-order valence-corrected chi connectivity index (χ4v) is 3.68. The summed E-state index contributed by atoms with van der Waals surface area (Å²) in [5.41, 5.74) is 3.10. The van der Waals surface area contributed by atoms with Gasteiger partial charge < -0.3 is 9.47 Å². The maximum absolute atomic E-state index is 12.9. The number of cyclic esters (lactones) is 1. The average Bonchev–Trinajstić information content (AvgIpc) is 2.97. The summed E-state index contributed by atoms with van der Waals surface area (Å²) >= 11 is 0. The third-order valence-corrected chi connectivity index (χ3v) is 5.01. The summed E-state index contributed by atoms with van der Waals surface area (Å²) in [4.78, 5) is 42.2. The number of imide groups is 1. The number of fused-ring (bicyclic) bond motifs is 2. The third kappa shape index (κ3) is 3.37. The first-order valence-electron chi connectivity index (χ1n) is 9.20. The van der Waals surface area contributed by atoms with Crippen LogP contribution >= 0.6 is 0 Å². The quantitative estimate of drug-likeness (QED) is 0.612. The normalized spacial score (nSPS) is 16.6. The lowest BCUT2D eigenvalue weighted by Crippen LogP contribution is -2.35. The van der Waals surface area contributed by atoms with E-state index in [4.69, 9.17) is 14.5 Å². The van der Waals surface area contributed by atoms with Crippen LogP contribution in [0.2, 0.25) is 0 Å². The van der Waals surface area contributed by atoms with Gasteiger partial charge in [-0.25, -0.2) is 14.5 Å². The van der Waals surface area contributed by atoms with Gasteiger partial charge in [0.2, 0.25) is 0 Å². The second-order valence-corrected chi connectivity index (χ2v) is 6.73. The molecule has 1 saturated heterocycles. The number of pyridine rings is 1. The van der Waals surface area contributed by atoms with Crippen LogP contribution in [-0.4, -0.2) is 47.6 Å². The number of amides is 2. The number of rotatable bonds is 3. The van der Waals surface area contributed by atoms with E-state index in [0.717, 1.165) is 59.2 Å². The minimum Gasteiger partial charge on any atom is -0.452 e. The SMILES string of the molecule is O=C(OCC(=O)N1CCOC1=O)c1c2c(nc3ccccc13)CCCCC2. The van der Waals surface area contributed by atoms with Crippen molar-refractivity contribution in [2.24, 2.45) is 0 Å². The van der Waals surface area contributed by atoms with E-state index in [2.05, 4.69) is 0 Å². The van der Waals surface area contributed by atoms with Crippen molar-refractivity contribution in [1.29, 1.82) is 0 Å². The van der Waals surface area contributed by atoms with Gasteiger partial charge in [0.25, 0.3) is 5.91 Å². The first kappa shape index (κ1) is 17.5. The number of hydrogen-bond acceptors (Lipinski definition) is 6. The standard InChI is InChI=1S/C20H20N2O5/c23-17(22-10-11-26-20(22)25)12-27-19(24)18-13-6-2-1-3-8-15(13)21-16-9-5-4-7-14(16)18/h4-5,7,9H,1-3,6,8,10-12H2. The molecule has 1 aromatic carbocycles. The molecule has 7 nitrogen and oxygen atoms in total. The molecule has 2 aromatic rings. The number of carbonyl (C=O) groups excluding carboxylic acids is 3. The van der Waals surface area contributed by atoms with E-state index in [9.17, 15) is 14.4 Å². The molecule has 140 valence electrons. The highest BCUT2D eigenvalue weighted by Gasteiger charge is 2.30. The Hall–Kier alpha value is -2.96. The van der Waals surface area contributed by atoms with Gasteiger partial charge in [0.1, 0.15) is 6.61 Å². The van der Waals surface area contributed by atoms with E-state index in [1.807, 2.05) is 24.3 Å². The maximum Gasteiger partial charge on any atom is 0.416 e. The number of esters is 1. The van der Waals surface area contributed by atoms with Gasteiger partial charge in [-0.1, -0.05) is 24.6 Å². The first-order chi connectivity index (χ1) is 13.1. The van der Waals surface area contributed by atoms with Crippen molar-refractivity contribution in [2.45, 2.75) is 32.1 Å². The summed E-state index contributed by atoms with van der Waals surface area (Å²) in [6, 6.07) is 7.47. The molecule has 0 N–H and O–H groups in total. The van der Waals surface area contributed by atoms with Crippen LogP contribution in [0.25, 0.3) is 10.9 Å². The number of aromatic nitrogens is 1. The number of para-hydroxylation sites is 1. The summed E-state index contributed by atoms with van der Waals surface area (Å²) in [6.45, 7) is -0.136. The van der Waals surface area contributed by atoms with E-state index in [-0.39, 0.29) is 13.2 Å². The van der Waals surface area contributed by atoms with Crippen LogP contribution in [-0.2, 0) is 27.1 Å². The fraction of sp³-hybridized carbons (Fsp3) is 0.400. The molecule has 4 rings (SSSR count). The first-order valence-corrected chi connectivity index (χ1v) is 9.20. The summed E-state index contributed by atoms with van der Waals surface area (Å²) < 4.78 is 10.0. The minimum absolute atomic E-state index is 0.168. The summed E-state index contributed by atoms with van der Waals surface area (Å²) in [5, 5.41) is 0.733. The molecule has 1 fully saturated rings. The fourth-order valence-electron chi connectivity index (χ4n) is 3.68. The molecule has 1 aliphatic carbocycles. The number of ether oxygens (including phenoxy) is 2. The van der Waals surface area contributed by atoms with E-state index < -0.39 is 24.6 Å². The largest absolute Gasteiger partial charge is 0.452 e. The van der Waals surface area contributed by atoms with Crippen molar-refractivity contribution in [3.63, 3.8) is 0 Å². The summed E-state index contributed by atoms with van der Waals surface area (Å²) in [5.74, 6) is -1.12. The molecule has 0 unspecified atom stereocenters. The molecule has 0 atom stereocenters. The van der Waals surface area contributed by atoms with Crippen molar-refractivity contribution in [3.8, 4) is 0 Å². The molecule has 7 heteroatoms. The molecule has 2 aliphatic rings. The van der Waals surface area contributed by atoms with Crippen LogP contribution in [0.5, 0.6) is 0 Å². The molecular weight excluding hydrogens is 348 g/mol. The molecular formula is C20H20N2O5. The smallest absolute Gasteiger partial charge is 0.416 e. The van der Waals surface area contributed by atoms with Gasteiger partial charge in [0.05, 0.1) is 17.6 Å². The highest BCUT2D eigenvalue weighted by Crippen LogP contribution is 2.29. The Balaban J connectivity index is 1.63. The molecule has 1 aromatic heterocycles. The Morgan fingerprint density at radius 3 is 2.78 bits per heavy atom. The molecule has 2 amide bonds. The maximum atomic E-state index is 12.9. The molecule has 0 saturated carbocycles. The van der Waals surface area contributed by atoms with Crippen LogP contribution in [0.1, 0.15) is 40.9 Å². The van der Waals surface area contributed by atoms with Gasteiger partial charge in [-0.15, -0.1) is 0 Å².